The van der Waals surface area contributed by atoms with E-state index in [2.05, 4.69) is 33.0 Å². The molecule has 1 aromatic carbocycles. The van der Waals surface area contributed by atoms with E-state index < -0.39 is 0 Å². The van der Waals surface area contributed by atoms with E-state index in [1.807, 2.05) is 0 Å². The fraction of sp³-hybridized carbons (Fsp3) is 0.625. The first-order valence-corrected chi connectivity index (χ1v) is 6.89. The Labute approximate surface area is 115 Å². The van der Waals surface area contributed by atoms with Gasteiger partial charge in [0.1, 0.15) is 11.6 Å². The van der Waals surface area contributed by atoms with Gasteiger partial charge in [-0.1, -0.05) is 27.7 Å². The number of benzene rings is 1. The minimum atomic E-state index is -0.325. The van der Waals surface area contributed by atoms with Crippen LogP contribution in [0.25, 0.3) is 0 Å². The summed E-state index contributed by atoms with van der Waals surface area (Å²) < 4.78 is 27.2. The van der Waals surface area contributed by atoms with Gasteiger partial charge in [-0.3, -0.25) is 0 Å². The highest BCUT2D eigenvalue weighted by atomic mass is 19.1. The average molecular weight is 269 g/mol. The standard InChI is InChI=1S/C16H25F2N/c1-11(2)19-10-16(4,5)7-6-13-9-14(17)12(3)8-15(13)18/h8-9,11,19H,6-7,10H2,1-5H3. The van der Waals surface area contributed by atoms with Gasteiger partial charge in [0.15, 0.2) is 0 Å². The molecule has 0 aromatic heterocycles. The van der Waals surface area contributed by atoms with Gasteiger partial charge in [0.2, 0.25) is 0 Å². The third kappa shape index (κ3) is 5.27. The summed E-state index contributed by atoms with van der Waals surface area (Å²) >= 11 is 0. The Morgan fingerprint density at radius 2 is 1.79 bits per heavy atom. The highest BCUT2D eigenvalue weighted by molar-refractivity contribution is 5.25. The molecule has 0 bridgehead atoms. The molecule has 0 heterocycles. The average Bonchev–Trinajstić information content (AvgIpc) is 2.30. The zero-order valence-corrected chi connectivity index (χ0v) is 12.6. The maximum absolute atomic E-state index is 13.7. The Morgan fingerprint density at radius 1 is 1.16 bits per heavy atom. The Morgan fingerprint density at radius 3 is 2.37 bits per heavy atom. The molecule has 0 saturated heterocycles. The summed E-state index contributed by atoms with van der Waals surface area (Å²) in [5.41, 5.74) is 0.903. The largest absolute Gasteiger partial charge is 0.314 e. The van der Waals surface area contributed by atoms with E-state index in [9.17, 15) is 8.78 Å². The van der Waals surface area contributed by atoms with Crippen molar-refractivity contribution >= 4 is 0 Å². The summed E-state index contributed by atoms with van der Waals surface area (Å²) in [6.45, 7) is 10.9. The Kier molecular flexibility index (Phi) is 5.48. The summed E-state index contributed by atoms with van der Waals surface area (Å²) in [7, 11) is 0. The van der Waals surface area contributed by atoms with Crippen LogP contribution in [0.5, 0.6) is 0 Å². The highest BCUT2D eigenvalue weighted by Crippen LogP contribution is 2.24. The van der Waals surface area contributed by atoms with Crippen LogP contribution in [-0.2, 0) is 6.42 Å². The maximum atomic E-state index is 13.7. The van der Waals surface area contributed by atoms with Crippen molar-refractivity contribution in [2.45, 2.75) is 53.5 Å². The fourth-order valence-electron chi connectivity index (χ4n) is 1.92. The molecule has 0 aliphatic carbocycles. The van der Waals surface area contributed by atoms with Crippen molar-refractivity contribution in [3.63, 3.8) is 0 Å². The van der Waals surface area contributed by atoms with Crippen LogP contribution in [0.2, 0.25) is 0 Å². The van der Waals surface area contributed by atoms with E-state index in [-0.39, 0.29) is 17.0 Å². The van der Waals surface area contributed by atoms with Crippen LogP contribution >= 0.6 is 0 Å². The van der Waals surface area contributed by atoms with Crippen molar-refractivity contribution in [3.05, 3.63) is 34.9 Å². The molecule has 0 fully saturated rings. The molecule has 0 atom stereocenters. The first-order chi connectivity index (χ1) is 8.71. The van der Waals surface area contributed by atoms with Crippen molar-refractivity contribution < 1.29 is 8.78 Å². The normalized spacial score (nSPS) is 12.2. The van der Waals surface area contributed by atoms with Crippen LogP contribution < -0.4 is 5.32 Å². The highest BCUT2D eigenvalue weighted by Gasteiger charge is 2.19. The third-order valence-electron chi connectivity index (χ3n) is 3.39. The predicted octanol–water partition coefficient (Wildman–Crippen LogP) is 4.23. The monoisotopic (exact) mass is 269 g/mol. The van der Waals surface area contributed by atoms with Gasteiger partial charge in [-0.2, -0.15) is 0 Å². The van der Waals surface area contributed by atoms with Crippen molar-refractivity contribution in [3.8, 4) is 0 Å². The van der Waals surface area contributed by atoms with Crippen LogP contribution in [0.3, 0.4) is 0 Å². The minimum Gasteiger partial charge on any atom is -0.314 e. The number of hydrogen-bond donors (Lipinski definition) is 1. The molecule has 0 spiro atoms. The van der Waals surface area contributed by atoms with E-state index in [4.69, 9.17) is 0 Å². The first kappa shape index (κ1) is 16.1. The van der Waals surface area contributed by atoms with Crippen LogP contribution in [-0.4, -0.2) is 12.6 Å². The molecule has 0 radical (unpaired) electrons. The zero-order chi connectivity index (χ0) is 14.6. The molecule has 19 heavy (non-hydrogen) atoms. The van der Waals surface area contributed by atoms with E-state index in [1.165, 1.54) is 12.1 Å². The summed E-state index contributed by atoms with van der Waals surface area (Å²) in [4.78, 5) is 0. The van der Waals surface area contributed by atoms with Gasteiger partial charge in [0, 0.05) is 12.6 Å². The minimum absolute atomic E-state index is 0.0675. The molecule has 108 valence electrons. The van der Waals surface area contributed by atoms with E-state index in [1.54, 1.807) is 6.92 Å². The maximum Gasteiger partial charge on any atom is 0.126 e. The molecule has 0 aliphatic rings. The summed E-state index contributed by atoms with van der Waals surface area (Å²) in [6.07, 6.45) is 1.39. The van der Waals surface area contributed by atoms with Crippen molar-refractivity contribution in [2.75, 3.05) is 6.54 Å². The molecule has 0 saturated carbocycles. The van der Waals surface area contributed by atoms with Crippen LogP contribution in [0.1, 0.15) is 45.2 Å². The Bertz CT molecular complexity index is 425. The molecule has 0 unspecified atom stereocenters. The van der Waals surface area contributed by atoms with E-state index in [0.29, 0.717) is 23.6 Å². The molecule has 1 rings (SSSR count). The molecule has 0 amide bonds. The molecule has 1 aromatic rings. The number of nitrogens with one attached hydrogen (secondary N) is 1. The second-order valence-corrected chi connectivity index (χ2v) is 6.39. The fourth-order valence-corrected chi connectivity index (χ4v) is 1.92. The van der Waals surface area contributed by atoms with Gasteiger partial charge in [0.25, 0.3) is 0 Å². The van der Waals surface area contributed by atoms with Gasteiger partial charge >= 0.3 is 0 Å². The van der Waals surface area contributed by atoms with Gasteiger partial charge in [0.05, 0.1) is 0 Å². The molecule has 0 aliphatic heterocycles. The van der Waals surface area contributed by atoms with Crippen LogP contribution in [0.15, 0.2) is 12.1 Å². The number of rotatable bonds is 6. The second kappa shape index (κ2) is 6.47. The summed E-state index contributed by atoms with van der Waals surface area (Å²) in [6, 6.07) is 3.05. The van der Waals surface area contributed by atoms with Gasteiger partial charge in [-0.15, -0.1) is 0 Å². The molecule has 1 nitrogen and oxygen atoms in total. The molecular weight excluding hydrogens is 244 g/mol. The summed E-state index contributed by atoms with van der Waals surface area (Å²) in [5, 5.41) is 3.39. The van der Waals surface area contributed by atoms with Crippen LogP contribution in [0.4, 0.5) is 8.78 Å². The number of halogens is 2. The second-order valence-electron chi connectivity index (χ2n) is 6.39. The van der Waals surface area contributed by atoms with E-state index >= 15 is 0 Å². The number of hydrogen-bond acceptors (Lipinski definition) is 1. The quantitative estimate of drug-likeness (QED) is 0.815. The van der Waals surface area contributed by atoms with E-state index in [0.717, 1.165) is 13.0 Å². The Hall–Kier alpha value is -0.960. The van der Waals surface area contributed by atoms with Crippen molar-refractivity contribution in [1.29, 1.82) is 0 Å². The summed E-state index contributed by atoms with van der Waals surface area (Å²) in [5.74, 6) is -0.624. The predicted molar refractivity (Wildman–Crippen MR) is 76.3 cm³/mol. The Balaban J connectivity index is 2.63. The number of aryl methyl sites for hydroxylation is 2. The lowest BCUT2D eigenvalue weighted by Gasteiger charge is -2.26. The lowest BCUT2D eigenvalue weighted by molar-refractivity contribution is 0.303. The topological polar surface area (TPSA) is 12.0 Å². The van der Waals surface area contributed by atoms with Gasteiger partial charge in [-0.25, -0.2) is 8.78 Å². The van der Waals surface area contributed by atoms with Gasteiger partial charge in [-0.05, 0) is 48.4 Å². The smallest absolute Gasteiger partial charge is 0.126 e. The van der Waals surface area contributed by atoms with Crippen molar-refractivity contribution in [2.24, 2.45) is 5.41 Å². The van der Waals surface area contributed by atoms with Gasteiger partial charge < -0.3 is 5.32 Å². The van der Waals surface area contributed by atoms with Crippen molar-refractivity contribution in [1.82, 2.24) is 5.32 Å². The molecule has 3 heteroatoms. The SMILES string of the molecule is Cc1cc(F)c(CCC(C)(C)CNC(C)C)cc1F. The zero-order valence-electron chi connectivity index (χ0n) is 12.6. The third-order valence-corrected chi connectivity index (χ3v) is 3.39. The molecule has 1 N–H and O–H groups in total. The van der Waals surface area contributed by atoms with Crippen LogP contribution in [0, 0.1) is 24.0 Å². The molecular formula is C16H25F2N. The lowest BCUT2D eigenvalue weighted by atomic mass is 9.85. The first-order valence-electron chi connectivity index (χ1n) is 6.89. The lowest BCUT2D eigenvalue weighted by Crippen LogP contribution is -2.34.